The number of hydrogen-bond acceptors (Lipinski definition) is 4. The highest BCUT2D eigenvalue weighted by Gasteiger charge is 2.18. The maximum atomic E-state index is 5.70. The number of methoxy groups -OCH3 is 1. The fourth-order valence-electron chi connectivity index (χ4n) is 1.31. The molecule has 4 heteroatoms. The van der Waals surface area contributed by atoms with Gasteiger partial charge in [0.15, 0.2) is 11.5 Å². The molecule has 3 nitrogen and oxygen atoms in total. The van der Waals surface area contributed by atoms with Crippen LogP contribution in [0.25, 0.3) is 0 Å². The summed E-state index contributed by atoms with van der Waals surface area (Å²) in [7, 11) is 1.68. The average molecular weight is 200 g/mol. The van der Waals surface area contributed by atoms with Crippen LogP contribution in [0, 0.1) is 0 Å². The van der Waals surface area contributed by atoms with E-state index in [0.717, 1.165) is 17.9 Å². The third kappa shape index (κ3) is 1.95. The Morgan fingerprint density at radius 2 is 2.38 bits per heavy atom. The molecule has 2 rings (SSSR count). The predicted octanol–water partition coefficient (Wildman–Crippen LogP) is 1.92. The fraction of sp³-hybridized carbons (Fsp3) is 0.556. The molecule has 72 valence electrons. The van der Waals surface area contributed by atoms with E-state index in [0.29, 0.717) is 13.2 Å². The Labute approximate surface area is 81.2 Å². The molecule has 0 N–H and O–H groups in total. The maximum absolute atomic E-state index is 5.70. The van der Waals surface area contributed by atoms with Crippen molar-refractivity contribution in [3.63, 3.8) is 0 Å². The van der Waals surface area contributed by atoms with Gasteiger partial charge in [0.2, 0.25) is 0 Å². The quantitative estimate of drug-likeness (QED) is 0.730. The first-order valence-electron chi connectivity index (χ1n) is 4.24. The standard InChI is InChI=1S/C9H12O3S/c1-10-4-7-2-3-11-8-5-13-6-9(8)12-7/h5-7H,2-4H2,1H3. The van der Waals surface area contributed by atoms with Gasteiger partial charge in [-0.3, -0.25) is 0 Å². The van der Waals surface area contributed by atoms with Gasteiger partial charge in [0.1, 0.15) is 6.10 Å². The predicted molar refractivity (Wildman–Crippen MR) is 50.7 cm³/mol. The topological polar surface area (TPSA) is 27.7 Å². The zero-order chi connectivity index (χ0) is 9.10. The first-order valence-corrected chi connectivity index (χ1v) is 5.19. The second kappa shape index (κ2) is 3.98. The van der Waals surface area contributed by atoms with Gasteiger partial charge in [-0.25, -0.2) is 0 Å². The first kappa shape index (κ1) is 8.84. The van der Waals surface area contributed by atoms with E-state index in [-0.39, 0.29) is 6.10 Å². The summed E-state index contributed by atoms with van der Waals surface area (Å²) in [6.07, 6.45) is 1.01. The third-order valence-corrected chi connectivity index (χ3v) is 2.64. The molecule has 1 aromatic heterocycles. The third-order valence-electron chi connectivity index (χ3n) is 1.94. The second-order valence-electron chi connectivity index (χ2n) is 2.93. The van der Waals surface area contributed by atoms with Crippen molar-refractivity contribution in [3.8, 4) is 11.5 Å². The van der Waals surface area contributed by atoms with Gasteiger partial charge < -0.3 is 14.2 Å². The van der Waals surface area contributed by atoms with Gasteiger partial charge in [-0.2, -0.15) is 0 Å². The van der Waals surface area contributed by atoms with Gasteiger partial charge in [-0.05, 0) is 0 Å². The number of thiophene rings is 1. The van der Waals surface area contributed by atoms with E-state index >= 15 is 0 Å². The van der Waals surface area contributed by atoms with Crippen LogP contribution in [-0.2, 0) is 4.74 Å². The van der Waals surface area contributed by atoms with Gasteiger partial charge >= 0.3 is 0 Å². The van der Waals surface area contributed by atoms with E-state index in [2.05, 4.69) is 0 Å². The molecule has 1 unspecified atom stereocenters. The molecule has 13 heavy (non-hydrogen) atoms. The van der Waals surface area contributed by atoms with Crippen LogP contribution >= 0.6 is 11.3 Å². The van der Waals surface area contributed by atoms with E-state index in [4.69, 9.17) is 14.2 Å². The van der Waals surface area contributed by atoms with Crippen LogP contribution in [0.1, 0.15) is 6.42 Å². The number of fused-ring (bicyclic) bond motifs is 1. The Balaban J connectivity index is 2.07. The summed E-state index contributed by atoms with van der Waals surface area (Å²) in [6, 6.07) is 0. The molecular weight excluding hydrogens is 188 g/mol. The molecule has 1 aliphatic heterocycles. The minimum Gasteiger partial charge on any atom is -0.489 e. The molecule has 0 spiro atoms. The van der Waals surface area contributed by atoms with Gasteiger partial charge in [0.25, 0.3) is 0 Å². The van der Waals surface area contributed by atoms with Crippen LogP contribution in [0.3, 0.4) is 0 Å². The smallest absolute Gasteiger partial charge is 0.172 e. The molecule has 0 saturated heterocycles. The lowest BCUT2D eigenvalue weighted by molar-refractivity contribution is 0.0769. The van der Waals surface area contributed by atoms with Gasteiger partial charge in [0.05, 0.1) is 13.2 Å². The molecule has 0 radical (unpaired) electrons. The zero-order valence-corrected chi connectivity index (χ0v) is 8.30. The van der Waals surface area contributed by atoms with Crippen LogP contribution in [-0.4, -0.2) is 26.4 Å². The normalized spacial score (nSPS) is 21.2. The number of ether oxygens (including phenoxy) is 3. The molecule has 1 aliphatic rings. The summed E-state index contributed by atoms with van der Waals surface area (Å²) in [5.41, 5.74) is 0. The minimum atomic E-state index is 0.126. The van der Waals surface area contributed by atoms with Crippen LogP contribution in [0.15, 0.2) is 10.8 Å². The Kier molecular flexibility index (Phi) is 2.71. The summed E-state index contributed by atoms with van der Waals surface area (Å²) >= 11 is 1.59. The van der Waals surface area contributed by atoms with Gasteiger partial charge in [-0.1, -0.05) is 0 Å². The van der Waals surface area contributed by atoms with Gasteiger partial charge in [-0.15, -0.1) is 11.3 Å². The molecule has 2 heterocycles. The number of rotatable bonds is 2. The van der Waals surface area contributed by atoms with Crippen molar-refractivity contribution in [3.05, 3.63) is 10.8 Å². The Hall–Kier alpha value is -0.740. The van der Waals surface area contributed by atoms with Crippen LogP contribution in [0.4, 0.5) is 0 Å². The Bertz CT molecular complexity index is 272. The summed E-state index contributed by atoms with van der Waals surface area (Å²) in [5.74, 6) is 1.72. The molecular formula is C9H12O3S. The fourth-order valence-corrected chi connectivity index (χ4v) is 1.98. The van der Waals surface area contributed by atoms with Crippen molar-refractivity contribution in [2.24, 2.45) is 0 Å². The van der Waals surface area contributed by atoms with Crippen molar-refractivity contribution in [1.29, 1.82) is 0 Å². The molecule has 1 atom stereocenters. The molecule has 0 bridgehead atoms. The second-order valence-corrected chi connectivity index (χ2v) is 3.68. The van der Waals surface area contributed by atoms with Gasteiger partial charge in [0, 0.05) is 24.3 Å². The largest absolute Gasteiger partial charge is 0.489 e. The van der Waals surface area contributed by atoms with E-state index in [1.165, 1.54) is 0 Å². The lowest BCUT2D eigenvalue weighted by atomic mass is 10.3. The molecule has 0 aromatic carbocycles. The maximum Gasteiger partial charge on any atom is 0.172 e. The summed E-state index contributed by atoms with van der Waals surface area (Å²) < 4.78 is 16.2. The first-order chi connectivity index (χ1) is 6.40. The van der Waals surface area contributed by atoms with Crippen molar-refractivity contribution in [2.75, 3.05) is 20.3 Å². The molecule has 0 aliphatic carbocycles. The SMILES string of the molecule is COCC1CCOc2cscc2O1. The highest BCUT2D eigenvalue weighted by molar-refractivity contribution is 7.08. The van der Waals surface area contributed by atoms with Crippen LogP contribution in [0.5, 0.6) is 11.5 Å². The Morgan fingerprint density at radius 3 is 3.23 bits per heavy atom. The lowest BCUT2D eigenvalue weighted by Gasteiger charge is -2.13. The van der Waals surface area contributed by atoms with Crippen molar-refractivity contribution >= 4 is 11.3 Å². The average Bonchev–Trinajstić information content (AvgIpc) is 2.46. The molecule has 1 aromatic rings. The van der Waals surface area contributed by atoms with E-state index in [9.17, 15) is 0 Å². The summed E-state index contributed by atoms with van der Waals surface area (Å²) in [4.78, 5) is 0. The molecule has 0 fully saturated rings. The molecule has 0 amide bonds. The van der Waals surface area contributed by atoms with E-state index < -0.39 is 0 Å². The highest BCUT2D eigenvalue weighted by Crippen LogP contribution is 2.34. The lowest BCUT2D eigenvalue weighted by Crippen LogP contribution is -2.22. The Morgan fingerprint density at radius 1 is 1.54 bits per heavy atom. The van der Waals surface area contributed by atoms with Crippen molar-refractivity contribution < 1.29 is 14.2 Å². The van der Waals surface area contributed by atoms with Crippen LogP contribution < -0.4 is 9.47 Å². The zero-order valence-electron chi connectivity index (χ0n) is 7.49. The minimum absolute atomic E-state index is 0.126. The van der Waals surface area contributed by atoms with Crippen LogP contribution in [0.2, 0.25) is 0 Å². The summed E-state index contributed by atoms with van der Waals surface area (Å²) in [6.45, 7) is 1.33. The molecule has 0 saturated carbocycles. The van der Waals surface area contributed by atoms with Crippen molar-refractivity contribution in [2.45, 2.75) is 12.5 Å². The monoisotopic (exact) mass is 200 g/mol. The summed E-state index contributed by atoms with van der Waals surface area (Å²) in [5, 5.41) is 3.92. The van der Waals surface area contributed by atoms with E-state index in [1.54, 1.807) is 18.4 Å². The van der Waals surface area contributed by atoms with Crippen molar-refractivity contribution in [1.82, 2.24) is 0 Å². The number of hydrogen-bond donors (Lipinski definition) is 0. The van der Waals surface area contributed by atoms with E-state index in [1.807, 2.05) is 10.8 Å². The highest BCUT2D eigenvalue weighted by atomic mass is 32.1.